The second-order valence-electron chi connectivity index (χ2n) is 3.12. The molecule has 2 bridgehead atoms. The van der Waals surface area contributed by atoms with Crippen LogP contribution in [0.2, 0.25) is 0 Å². The predicted molar refractivity (Wildman–Crippen MR) is 36.7 cm³/mol. The lowest BCUT2D eigenvalue weighted by Crippen LogP contribution is -2.35. The summed E-state index contributed by atoms with van der Waals surface area (Å²) in [6, 6.07) is 0.672. The Kier molecular flexibility index (Phi) is 1.70. The predicted octanol–water partition coefficient (Wildman–Crippen LogP) is 1.13. The average Bonchev–Trinajstić information content (AvgIpc) is 2.17. The van der Waals surface area contributed by atoms with Gasteiger partial charge in [0, 0.05) is 18.0 Å². The van der Waals surface area contributed by atoms with Crippen LogP contribution in [0.1, 0.15) is 12.8 Å². The molecule has 0 aromatic heterocycles. The first kappa shape index (κ1) is 7.29. The van der Waals surface area contributed by atoms with Gasteiger partial charge in [0.25, 0.3) is 0 Å². The summed E-state index contributed by atoms with van der Waals surface area (Å²) < 4.78 is 12.1. The number of hydrogen-bond acceptors (Lipinski definition) is 1. The zero-order chi connectivity index (χ0) is 5.61. The van der Waals surface area contributed by atoms with Crippen LogP contribution in [0.25, 0.3) is 0 Å². The van der Waals surface area contributed by atoms with E-state index in [-0.39, 0.29) is 24.5 Å². The van der Waals surface area contributed by atoms with Gasteiger partial charge >= 0.3 is 0 Å². The molecular weight excluding hydrogens is 141 g/mol. The van der Waals surface area contributed by atoms with Gasteiger partial charge in [-0.25, -0.2) is 0 Å². The molecular formula is C6H11ClFN. The van der Waals surface area contributed by atoms with E-state index in [1.807, 2.05) is 0 Å². The first-order valence-electron chi connectivity index (χ1n) is 3.14. The fourth-order valence-electron chi connectivity index (χ4n) is 1.79. The molecule has 2 heterocycles. The van der Waals surface area contributed by atoms with Gasteiger partial charge in [-0.2, -0.15) is 0 Å². The molecule has 0 aromatic carbocycles. The maximum Gasteiger partial charge on any atom is 0.0963 e. The number of alkyl halides is 1. The fourth-order valence-corrected chi connectivity index (χ4v) is 1.79. The Bertz CT molecular complexity index is 106. The van der Waals surface area contributed by atoms with E-state index in [1.54, 1.807) is 0 Å². The molecule has 1 nitrogen and oxygen atoms in total. The first-order chi connectivity index (χ1) is 3.85. The van der Waals surface area contributed by atoms with Gasteiger partial charge < -0.3 is 5.32 Å². The van der Waals surface area contributed by atoms with Crippen LogP contribution in [0.4, 0.5) is 4.39 Å². The molecule has 1 saturated carbocycles. The molecule has 9 heavy (non-hydrogen) atoms. The van der Waals surface area contributed by atoms with Crippen molar-refractivity contribution in [1.82, 2.24) is 5.32 Å². The van der Waals surface area contributed by atoms with E-state index < -0.39 is 0 Å². The molecule has 1 N–H and O–H groups in total. The van der Waals surface area contributed by atoms with E-state index in [1.165, 1.54) is 0 Å². The maximum absolute atomic E-state index is 12.1. The summed E-state index contributed by atoms with van der Waals surface area (Å²) in [6.45, 7) is 0.810. The van der Waals surface area contributed by atoms with E-state index in [4.69, 9.17) is 0 Å². The summed E-state index contributed by atoms with van der Waals surface area (Å²) in [7, 11) is 0. The topological polar surface area (TPSA) is 12.0 Å². The molecule has 2 aliphatic heterocycles. The normalized spacial score (nSPS) is 45.7. The lowest BCUT2D eigenvalue weighted by atomic mass is 9.71. The van der Waals surface area contributed by atoms with Crippen LogP contribution in [0.3, 0.4) is 0 Å². The quantitative estimate of drug-likeness (QED) is 0.593. The van der Waals surface area contributed by atoms with Crippen LogP contribution in [0.15, 0.2) is 0 Å². The number of nitrogens with one attached hydrogen (secondary N) is 1. The average molecular weight is 152 g/mol. The van der Waals surface area contributed by atoms with E-state index in [0.717, 1.165) is 19.4 Å². The van der Waals surface area contributed by atoms with Gasteiger partial charge in [-0.1, -0.05) is 0 Å². The van der Waals surface area contributed by atoms with Crippen molar-refractivity contribution in [3.63, 3.8) is 0 Å². The van der Waals surface area contributed by atoms with Gasteiger partial charge in [-0.15, -0.1) is 12.4 Å². The zero-order valence-electron chi connectivity index (χ0n) is 5.19. The molecule has 0 atom stereocenters. The molecule has 54 valence electrons. The van der Waals surface area contributed by atoms with E-state index in [9.17, 15) is 4.39 Å². The van der Waals surface area contributed by atoms with E-state index >= 15 is 0 Å². The number of rotatable bonds is 1. The lowest BCUT2D eigenvalue weighted by Gasteiger charge is -2.33. The van der Waals surface area contributed by atoms with Crippen molar-refractivity contribution in [3.05, 3.63) is 0 Å². The molecule has 0 aromatic rings. The standard InChI is InChI=1S/C6H10FN.ClH/c7-3-6-1-5(2-6)8-4-6;/h5,8H,1-4H2;1H. The number of fused-ring (bicyclic) bond motifs is 1. The summed E-state index contributed by atoms with van der Waals surface area (Å²) >= 11 is 0. The van der Waals surface area contributed by atoms with Crippen LogP contribution in [0.5, 0.6) is 0 Å². The Morgan fingerprint density at radius 3 is 2.44 bits per heavy atom. The highest BCUT2D eigenvalue weighted by Crippen LogP contribution is 2.46. The molecule has 2 saturated heterocycles. The highest BCUT2D eigenvalue weighted by atomic mass is 35.5. The fraction of sp³-hybridized carbons (Fsp3) is 1.00. The van der Waals surface area contributed by atoms with Gasteiger partial charge in [0.2, 0.25) is 0 Å². The van der Waals surface area contributed by atoms with Gasteiger partial charge in [0.05, 0.1) is 6.67 Å². The SMILES string of the molecule is Cl.FCC12CNC(C1)C2. The molecule has 1 aliphatic carbocycles. The minimum atomic E-state index is -0.115. The lowest BCUT2D eigenvalue weighted by molar-refractivity contribution is 0.145. The summed E-state index contributed by atoms with van der Waals surface area (Å²) in [5.41, 5.74) is 0.102. The molecule has 0 spiro atoms. The highest BCUT2D eigenvalue weighted by Gasteiger charge is 2.50. The maximum atomic E-state index is 12.1. The first-order valence-corrected chi connectivity index (χ1v) is 3.14. The monoisotopic (exact) mass is 151 g/mol. The van der Waals surface area contributed by atoms with Crippen molar-refractivity contribution in [2.75, 3.05) is 13.2 Å². The van der Waals surface area contributed by atoms with Crippen molar-refractivity contribution < 1.29 is 4.39 Å². The summed E-state index contributed by atoms with van der Waals surface area (Å²) in [4.78, 5) is 0. The largest absolute Gasteiger partial charge is 0.313 e. The van der Waals surface area contributed by atoms with Gasteiger partial charge in [0.1, 0.15) is 0 Å². The van der Waals surface area contributed by atoms with Crippen molar-refractivity contribution in [2.45, 2.75) is 18.9 Å². The minimum absolute atomic E-state index is 0. The Morgan fingerprint density at radius 1 is 1.56 bits per heavy atom. The summed E-state index contributed by atoms with van der Waals surface area (Å²) in [5, 5.41) is 3.25. The minimum Gasteiger partial charge on any atom is -0.313 e. The molecule has 3 heteroatoms. The Balaban J connectivity index is 0.000000405. The highest BCUT2D eigenvalue weighted by molar-refractivity contribution is 5.85. The van der Waals surface area contributed by atoms with Crippen molar-refractivity contribution in [3.8, 4) is 0 Å². The Labute approximate surface area is 60.4 Å². The Morgan fingerprint density at radius 2 is 2.22 bits per heavy atom. The third-order valence-electron chi connectivity index (χ3n) is 2.41. The van der Waals surface area contributed by atoms with Gasteiger partial charge in [-0.3, -0.25) is 4.39 Å². The third kappa shape index (κ3) is 0.849. The number of halogens is 2. The molecule has 0 amide bonds. The van der Waals surface area contributed by atoms with Crippen molar-refractivity contribution in [2.24, 2.45) is 5.41 Å². The van der Waals surface area contributed by atoms with Crippen LogP contribution < -0.4 is 5.32 Å². The van der Waals surface area contributed by atoms with Crippen LogP contribution in [-0.4, -0.2) is 19.3 Å². The second-order valence-corrected chi connectivity index (χ2v) is 3.12. The molecule has 3 fully saturated rings. The Hall–Kier alpha value is 0.180. The molecule has 3 rings (SSSR count). The molecule has 0 radical (unpaired) electrons. The van der Waals surface area contributed by atoms with Crippen molar-refractivity contribution in [1.29, 1.82) is 0 Å². The van der Waals surface area contributed by atoms with Crippen molar-refractivity contribution >= 4 is 12.4 Å². The van der Waals surface area contributed by atoms with E-state index in [0.29, 0.717) is 6.04 Å². The van der Waals surface area contributed by atoms with E-state index in [2.05, 4.69) is 5.32 Å². The number of hydrogen-bond donors (Lipinski definition) is 1. The summed E-state index contributed by atoms with van der Waals surface area (Å²) in [6.07, 6.45) is 2.17. The van der Waals surface area contributed by atoms with Crippen LogP contribution in [-0.2, 0) is 0 Å². The van der Waals surface area contributed by atoms with Crippen LogP contribution in [0, 0.1) is 5.41 Å². The smallest absolute Gasteiger partial charge is 0.0963 e. The molecule has 0 unspecified atom stereocenters. The molecule has 3 aliphatic rings. The van der Waals surface area contributed by atoms with Gasteiger partial charge in [0.15, 0.2) is 0 Å². The third-order valence-corrected chi connectivity index (χ3v) is 2.41. The van der Waals surface area contributed by atoms with Crippen LogP contribution >= 0.6 is 12.4 Å². The van der Waals surface area contributed by atoms with Gasteiger partial charge in [-0.05, 0) is 12.8 Å². The second kappa shape index (κ2) is 2.10. The summed E-state index contributed by atoms with van der Waals surface area (Å²) in [5.74, 6) is 0. The zero-order valence-corrected chi connectivity index (χ0v) is 6.01.